The molecule has 0 aromatic carbocycles. The van der Waals surface area contributed by atoms with Crippen molar-refractivity contribution in [3.8, 4) is 0 Å². The third kappa shape index (κ3) is 2.92. The van der Waals surface area contributed by atoms with E-state index in [1.54, 1.807) is 0 Å². The molecule has 2 aromatic rings. The Kier molecular flexibility index (Phi) is 3.73. The second-order valence-corrected chi connectivity index (χ2v) is 7.34. The molecule has 8 heteroatoms. The Morgan fingerprint density at radius 2 is 2.17 bits per heavy atom. The standard InChI is InChI=1S/C15H22N6OS/c1-19(2)14-16-15(23-18-14)20-6-3-7-21-11(9-20)8-12(17-21)13(22)10-4-5-10/h8,10,13,22H,3-7,9H2,1-2H3. The molecule has 0 spiro atoms. The molecule has 1 aliphatic carbocycles. The van der Waals surface area contributed by atoms with Crippen LogP contribution in [0.4, 0.5) is 11.1 Å². The summed E-state index contributed by atoms with van der Waals surface area (Å²) in [6.07, 6.45) is 2.86. The van der Waals surface area contributed by atoms with Crippen molar-refractivity contribution in [2.24, 2.45) is 5.92 Å². The summed E-state index contributed by atoms with van der Waals surface area (Å²) in [5.41, 5.74) is 1.98. The van der Waals surface area contributed by atoms with Crippen molar-refractivity contribution in [2.75, 3.05) is 30.4 Å². The molecular formula is C15H22N6OS. The summed E-state index contributed by atoms with van der Waals surface area (Å²) < 4.78 is 6.45. The van der Waals surface area contributed by atoms with E-state index in [9.17, 15) is 5.11 Å². The van der Waals surface area contributed by atoms with Gasteiger partial charge in [-0.05, 0) is 31.2 Å². The van der Waals surface area contributed by atoms with Gasteiger partial charge in [0.1, 0.15) is 6.10 Å². The predicted octanol–water partition coefficient (Wildman–Crippen LogP) is 1.65. The molecule has 1 unspecified atom stereocenters. The van der Waals surface area contributed by atoms with E-state index in [1.165, 1.54) is 11.5 Å². The summed E-state index contributed by atoms with van der Waals surface area (Å²) in [6.45, 7) is 2.61. The van der Waals surface area contributed by atoms with Crippen molar-refractivity contribution < 1.29 is 5.11 Å². The number of nitrogens with zero attached hydrogens (tertiary/aromatic N) is 6. The van der Waals surface area contributed by atoms with E-state index < -0.39 is 6.10 Å². The first-order chi connectivity index (χ1) is 11.1. The van der Waals surface area contributed by atoms with Gasteiger partial charge in [0.2, 0.25) is 11.1 Å². The normalized spacial score (nSPS) is 19.3. The molecule has 0 saturated heterocycles. The van der Waals surface area contributed by atoms with Crippen molar-refractivity contribution in [3.05, 3.63) is 17.5 Å². The molecule has 1 fully saturated rings. The second kappa shape index (κ2) is 5.76. The van der Waals surface area contributed by atoms with Crippen LogP contribution in [0, 0.1) is 5.92 Å². The minimum absolute atomic E-state index is 0.398. The lowest BCUT2D eigenvalue weighted by Crippen LogP contribution is -2.22. The van der Waals surface area contributed by atoms with E-state index in [4.69, 9.17) is 0 Å². The Morgan fingerprint density at radius 1 is 1.35 bits per heavy atom. The third-order valence-electron chi connectivity index (χ3n) is 4.48. The maximum atomic E-state index is 10.3. The van der Waals surface area contributed by atoms with E-state index in [1.807, 2.05) is 19.0 Å². The molecule has 0 radical (unpaired) electrons. The first-order valence-electron chi connectivity index (χ1n) is 8.12. The first-order valence-corrected chi connectivity index (χ1v) is 8.90. The van der Waals surface area contributed by atoms with E-state index in [0.717, 1.165) is 61.4 Å². The highest BCUT2D eigenvalue weighted by Crippen LogP contribution is 2.40. The van der Waals surface area contributed by atoms with Gasteiger partial charge in [-0.15, -0.1) is 0 Å². The fraction of sp³-hybridized carbons (Fsp3) is 0.667. The molecule has 1 atom stereocenters. The Bertz CT molecular complexity index is 692. The molecule has 0 amide bonds. The van der Waals surface area contributed by atoms with Gasteiger partial charge in [-0.25, -0.2) is 0 Å². The van der Waals surface area contributed by atoms with Gasteiger partial charge in [0.15, 0.2) is 0 Å². The van der Waals surface area contributed by atoms with E-state index in [-0.39, 0.29) is 0 Å². The Morgan fingerprint density at radius 3 is 2.87 bits per heavy atom. The summed E-state index contributed by atoms with van der Waals surface area (Å²) >= 11 is 1.44. The van der Waals surface area contributed by atoms with Crippen LogP contribution in [0.5, 0.6) is 0 Å². The van der Waals surface area contributed by atoms with Crippen LogP contribution in [0.3, 0.4) is 0 Å². The molecule has 1 saturated carbocycles. The van der Waals surface area contributed by atoms with E-state index >= 15 is 0 Å². The molecule has 1 aliphatic heterocycles. The lowest BCUT2D eigenvalue weighted by atomic mass is 10.1. The Hall–Kier alpha value is -1.67. The molecule has 7 nitrogen and oxygen atoms in total. The van der Waals surface area contributed by atoms with Gasteiger partial charge in [-0.2, -0.15) is 14.5 Å². The number of rotatable bonds is 4. The van der Waals surface area contributed by atoms with Crippen molar-refractivity contribution in [1.29, 1.82) is 0 Å². The number of hydrogen-bond acceptors (Lipinski definition) is 7. The smallest absolute Gasteiger partial charge is 0.238 e. The van der Waals surface area contributed by atoms with Crippen LogP contribution in [0.2, 0.25) is 0 Å². The lowest BCUT2D eigenvalue weighted by molar-refractivity contribution is 0.148. The molecule has 124 valence electrons. The quantitative estimate of drug-likeness (QED) is 0.917. The van der Waals surface area contributed by atoms with Gasteiger partial charge in [0.25, 0.3) is 0 Å². The fourth-order valence-corrected chi connectivity index (χ4v) is 3.73. The van der Waals surface area contributed by atoms with Crippen molar-refractivity contribution in [1.82, 2.24) is 19.1 Å². The third-order valence-corrected chi connectivity index (χ3v) is 5.25. The average molecular weight is 334 g/mol. The van der Waals surface area contributed by atoms with Gasteiger partial charge in [0, 0.05) is 38.7 Å². The Labute approximate surface area is 139 Å². The van der Waals surface area contributed by atoms with Crippen LogP contribution in [0.15, 0.2) is 6.07 Å². The topological polar surface area (TPSA) is 70.3 Å². The molecule has 0 bridgehead atoms. The van der Waals surface area contributed by atoms with E-state index in [0.29, 0.717) is 5.92 Å². The summed E-state index contributed by atoms with van der Waals surface area (Å²) in [6, 6.07) is 2.06. The number of hydrogen-bond donors (Lipinski definition) is 1. The molecule has 2 aliphatic rings. The second-order valence-electron chi connectivity index (χ2n) is 6.61. The van der Waals surface area contributed by atoms with Gasteiger partial charge in [0.05, 0.1) is 17.9 Å². The minimum atomic E-state index is -0.398. The van der Waals surface area contributed by atoms with Crippen molar-refractivity contribution >= 4 is 22.6 Å². The van der Waals surface area contributed by atoms with Crippen LogP contribution in [-0.4, -0.2) is 44.9 Å². The number of aliphatic hydroxyl groups excluding tert-OH is 1. The van der Waals surface area contributed by atoms with Gasteiger partial charge < -0.3 is 14.9 Å². The van der Waals surface area contributed by atoms with Crippen LogP contribution < -0.4 is 9.80 Å². The maximum Gasteiger partial charge on any atom is 0.238 e. The molecular weight excluding hydrogens is 312 g/mol. The maximum absolute atomic E-state index is 10.3. The summed E-state index contributed by atoms with van der Waals surface area (Å²) in [7, 11) is 3.91. The zero-order valence-corrected chi connectivity index (χ0v) is 14.3. The predicted molar refractivity (Wildman–Crippen MR) is 89.8 cm³/mol. The highest BCUT2D eigenvalue weighted by molar-refractivity contribution is 7.09. The number of aliphatic hydroxyl groups is 1. The van der Waals surface area contributed by atoms with Crippen LogP contribution in [0.1, 0.15) is 36.8 Å². The minimum Gasteiger partial charge on any atom is -0.386 e. The molecule has 3 heterocycles. The highest BCUT2D eigenvalue weighted by atomic mass is 32.1. The van der Waals surface area contributed by atoms with Crippen molar-refractivity contribution in [3.63, 3.8) is 0 Å². The number of aromatic nitrogens is 4. The average Bonchev–Trinajstić information content (AvgIpc) is 3.18. The largest absolute Gasteiger partial charge is 0.386 e. The summed E-state index contributed by atoms with van der Waals surface area (Å²) in [5, 5.41) is 15.9. The fourth-order valence-electron chi connectivity index (χ4n) is 2.96. The molecule has 23 heavy (non-hydrogen) atoms. The van der Waals surface area contributed by atoms with Crippen LogP contribution >= 0.6 is 11.5 Å². The molecule has 4 rings (SSSR count). The van der Waals surface area contributed by atoms with Crippen LogP contribution in [-0.2, 0) is 13.1 Å². The van der Waals surface area contributed by atoms with Gasteiger partial charge in [-0.3, -0.25) is 4.68 Å². The zero-order valence-electron chi connectivity index (χ0n) is 13.5. The van der Waals surface area contributed by atoms with Gasteiger partial charge in [-0.1, -0.05) is 0 Å². The van der Waals surface area contributed by atoms with Crippen LogP contribution in [0.25, 0.3) is 0 Å². The zero-order chi connectivity index (χ0) is 16.0. The lowest BCUT2D eigenvalue weighted by Gasteiger charge is -2.18. The summed E-state index contributed by atoms with van der Waals surface area (Å²) in [4.78, 5) is 8.79. The highest BCUT2D eigenvalue weighted by Gasteiger charge is 2.33. The molecule has 2 aromatic heterocycles. The SMILES string of the molecule is CN(C)c1nsc(N2CCCn3nc(C(O)C4CC4)cc3C2)n1. The number of fused-ring (bicyclic) bond motifs is 1. The monoisotopic (exact) mass is 334 g/mol. The summed E-state index contributed by atoms with van der Waals surface area (Å²) in [5.74, 6) is 1.17. The molecule has 1 N–H and O–H groups in total. The number of anilines is 2. The Balaban J connectivity index is 1.55. The first kappa shape index (κ1) is 14.9. The van der Waals surface area contributed by atoms with Crippen molar-refractivity contribution in [2.45, 2.75) is 38.5 Å². The number of aryl methyl sites for hydroxylation is 1. The van der Waals surface area contributed by atoms with Gasteiger partial charge >= 0.3 is 0 Å². The van der Waals surface area contributed by atoms with E-state index in [2.05, 4.69) is 30.1 Å².